The lowest BCUT2D eigenvalue weighted by atomic mass is 9.92. The number of nitrogens with zero attached hydrogens (tertiary/aromatic N) is 3. The number of rotatable bonds is 4. The van der Waals surface area contributed by atoms with Crippen molar-refractivity contribution in [2.24, 2.45) is 5.10 Å². The molecule has 2 rings (SSSR count). The second-order valence-corrected chi connectivity index (χ2v) is 7.13. The molecule has 1 aromatic heterocycles. The van der Waals surface area contributed by atoms with E-state index in [2.05, 4.69) is 36.7 Å². The summed E-state index contributed by atoms with van der Waals surface area (Å²) in [4.78, 5) is 22.1. The minimum Gasteiger partial charge on any atom is -0.867 e. The van der Waals surface area contributed by atoms with Crippen molar-refractivity contribution in [3.05, 3.63) is 49.7 Å². The Labute approximate surface area is 151 Å². The number of nitrogens with one attached hydrogen (secondary N) is 2. The predicted molar refractivity (Wildman–Crippen MR) is 92.6 cm³/mol. The molecule has 9 nitrogen and oxygen atoms in total. The molecule has 0 atom stereocenters. The normalized spacial score (nSPS) is 11.7. The molecule has 0 unspecified atom stereocenters. The van der Waals surface area contributed by atoms with Crippen LogP contribution in [-0.2, 0) is 5.41 Å². The summed E-state index contributed by atoms with van der Waals surface area (Å²) in [5, 5.41) is 33.1. The lowest BCUT2D eigenvalue weighted by Crippen LogP contribution is -2.18. The van der Waals surface area contributed by atoms with Gasteiger partial charge in [0.1, 0.15) is 0 Å². The number of amides is 1. The summed E-state index contributed by atoms with van der Waals surface area (Å²) in [5.74, 6) is -1.36. The number of hydrogen-bond donors (Lipinski definition) is 2. The van der Waals surface area contributed by atoms with Crippen LogP contribution in [0.2, 0.25) is 0 Å². The highest BCUT2D eigenvalue weighted by Crippen LogP contribution is 2.30. The van der Waals surface area contributed by atoms with Crippen LogP contribution in [0, 0.1) is 10.1 Å². The highest BCUT2D eigenvalue weighted by molar-refractivity contribution is 9.10. The van der Waals surface area contributed by atoms with Gasteiger partial charge < -0.3 is 5.11 Å². The number of nitro benzene ring substituents is 1. The maximum absolute atomic E-state index is 12.0. The SMILES string of the molecule is CC(C)(C)c1cc(C(=O)N/N=C\c2cc(Br)cc([N+](=O)[O-])c2[O-])n[nH]1. The van der Waals surface area contributed by atoms with Gasteiger partial charge in [0, 0.05) is 21.6 Å². The molecule has 25 heavy (non-hydrogen) atoms. The number of carbonyl (C=O) groups excluding carboxylic acids is 1. The van der Waals surface area contributed by atoms with Gasteiger partial charge in [0.15, 0.2) is 5.69 Å². The van der Waals surface area contributed by atoms with Crippen molar-refractivity contribution < 1.29 is 14.8 Å². The van der Waals surface area contributed by atoms with E-state index in [1.165, 1.54) is 6.07 Å². The highest BCUT2D eigenvalue weighted by Gasteiger charge is 2.19. The monoisotopic (exact) mass is 408 g/mol. The van der Waals surface area contributed by atoms with Crippen LogP contribution in [0.15, 0.2) is 27.8 Å². The summed E-state index contributed by atoms with van der Waals surface area (Å²) in [6.07, 6.45) is 1.05. The topological polar surface area (TPSA) is 136 Å². The third-order valence-electron chi connectivity index (χ3n) is 3.25. The summed E-state index contributed by atoms with van der Waals surface area (Å²) in [6.45, 7) is 5.91. The number of aromatic amines is 1. The largest absolute Gasteiger partial charge is 0.867 e. The van der Waals surface area contributed by atoms with E-state index in [0.29, 0.717) is 4.47 Å². The van der Waals surface area contributed by atoms with E-state index < -0.39 is 22.3 Å². The molecule has 2 N–H and O–H groups in total. The first kappa shape index (κ1) is 18.6. The van der Waals surface area contributed by atoms with Gasteiger partial charge in [-0.25, -0.2) is 5.43 Å². The van der Waals surface area contributed by atoms with Crippen LogP contribution in [0.5, 0.6) is 5.75 Å². The fourth-order valence-electron chi connectivity index (χ4n) is 1.87. The molecule has 132 valence electrons. The van der Waals surface area contributed by atoms with Crippen molar-refractivity contribution in [1.82, 2.24) is 15.6 Å². The Morgan fingerprint density at radius 3 is 2.64 bits per heavy atom. The summed E-state index contributed by atoms with van der Waals surface area (Å²) >= 11 is 3.09. The Bertz CT molecular complexity index is 854. The molecular formula is C15H15BrN5O4-. The van der Waals surface area contributed by atoms with Gasteiger partial charge >= 0.3 is 0 Å². The molecule has 0 aliphatic rings. The molecule has 0 radical (unpaired) electrons. The van der Waals surface area contributed by atoms with E-state index in [1.54, 1.807) is 6.07 Å². The van der Waals surface area contributed by atoms with Crippen LogP contribution in [-0.4, -0.2) is 27.2 Å². The smallest absolute Gasteiger partial charge is 0.291 e. The van der Waals surface area contributed by atoms with Crippen molar-refractivity contribution in [1.29, 1.82) is 0 Å². The maximum atomic E-state index is 12.0. The Balaban J connectivity index is 2.15. The van der Waals surface area contributed by atoms with Crippen LogP contribution >= 0.6 is 15.9 Å². The predicted octanol–water partition coefficient (Wildman–Crippen LogP) is 2.22. The standard InChI is InChI=1S/C15H16BrN5O4/c1-15(2,3)12-6-10(18-19-12)14(23)20-17-7-8-4-9(16)5-11(13(8)22)21(24)25/h4-7,22H,1-3H3,(H,18,19)(H,20,23)/p-1/b17-7-. The van der Waals surface area contributed by atoms with Gasteiger partial charge in [0.2, 0.25) is 0 Å². The number of H-pyrrole nitrogens is 1. The number of carbonyl (C=O) groups is 1. The van der Waals surface area contributed by atoms with Gasteiger partial charge in [-0.05, 0) is 23.4 Å². The first-order valence-electron chi connectivity index (χ1n) is 7.14. The summed E-state index contributed by atoms with van der Waals surface area (Å²) < 4.78 is 0.355. The summed E-state index contributed by atoms with van der Waals surface area (Å²) in [6, 6.07) is 4.08. The zero-order valence-electron chi connectivity index (χ0n) is 13.7. The number of halogens is 1. The molecule has 2 aromatic rings. The van der Waals surface area contributed by atoms with Crippen LogP contribution in [0.25, 0.3) is 0 Å². The molecular weight excluding hydrogens is 394 g/mol. The third kappa shape index (κ3) is 4.41. The maximum Gasteiger partial charge on any atom is 0.291 e. The molecule has 0 saturated carbocycles. The van der Waals surface area contributed by atoms with Crippen LogP contribution in [0.4, 0.5) is 5.69 Å². The fourth-order valence-corrected chi connectivity index (χ4v) is 2.33. The third-order valence-corrected chi connectivity index (χ3v) is 3.71. The number of hydrogen-bond acceptors (Lipinski definition) is 6. The van der Waals surface area contributed by atoms with Gasteiger partial charge in [0.25, 0.3) is 11.6 Å². The molecule has 0 aliphatic heterocycles. The van der Waals surface area contributed by atoms with Crippen LogP contribution in [0.1, 0.15) is 42.5 Å². The average molecular weight is 409 g/mol. The summed E-state index contributed by atoms with van der Waals surface area (Å²) in [7, 11) is 0. The molecule has 1 aromatic carbocycles. The first-order chi connectivity index (χ1) is 11.6. The highest BCUT2D eigenvalue weighted by atomic mass is 79.9. The van der Waals surface area contributed by atoms with Crippen molar-refractivity contribution in [3.63, 3.8) is 0 Å². The molecule has 0 spiro atoms. The molecule has 10 heteroatoms. The van der Waals surface area contributed by atoms with Crippen LogP contribution in [0.3, 0.4) is 0 Å². The number of nitro groups is 1. The van der Waals surface area contributed by atoms with Gasteiger partial charge in [-0.3, -0.25) is 20.0 Å². The Morgan fingerprint density at radius 2 is 2.08 bits per heavy atom. The Hall–Kier alpha value is -2.75. The average Bonchev–Trinajstić information content (AvgIpc) is 3.00. The second-order valence-electron chi connectivity index (χ2n) is 6.22. The van der Waals surface area contributed by atoms with E-state index >= 15 is 0 Å². The Morgan fingerprint density at radius 1 is 1.40 bits per heavy atom. The van der Waals surface area contributed by atoms with E-state index in [-0.39, 0.29) is 16.7 Å². The second kappa shape index (κ2) is 7.01. The van der Waals surface area contributed by atoms with Gasteiger partial charge in [0.05, 0.1) is 11.1 Å². The zero-order chi connectivity index (χ0) is 18.8. The fraction of sp³-hybridized carbons (Fsp3) is 0.267. The minimum atomic E-state index is -0.791. The number of benzene rings is 1. The minimum absolute atomic E-state index is 0.0289. The van der Waals surface area contributed by atoms with Crippen molar-refractivity contribution >= 4 is 33.7 Å². The number of hydrazone groups is 1. The quantitative estimate of drug-likeness (QED) is 0.453. The van der Waals surface area contributed by atoms with Gasteiger partial charge in [-0.1, -0.05) is 36.7 Å². The molecule has 0 fully saturated rings. The molecule has 1 amide bonds. The van der Waals surface area contributed by atoms with Gasteiger partial charge in [-0.15, -0.1) is 0 Å². The van der Waals surface area contributed by atoms with E-state index in [4.69, 9.17) is 0 Å². The molecule has 1 heterocycles. The van der Waals surface area contributed by atoms with Crippen molar-refractivity contribution in [3.8, 4) is 5.75 Å². The van der Waals surface area contributed by atoms with E-state index in [1.807, 2.05) is 20.8 Å². The number of aromatic nitrogens is 2. The van der Waals surface area contributed by atoms with Crippen LogP contribution < -0.4 is 10.5 Å². The van der Waals surface area contributed by atoms with Crippen molar-refractivity contribution in [2.45, 2.75) is 26.2 Å². The molecule has 0 aliphatic carbocycles. The molecule has 0 bridgehead atoms. The first-order valence-corrected chi connectivity index (χ1v) is 7.93. The Kier molecular flexibility index (Phi) is 5.21. The summed E-state index contributed by atoms with van der Waals surface area (Å²) in [5.41, 5.74) is 2.36. The van der Waals surface area contributed by atoms with E-state index in [0.717, 1.165) is 18.0 Å². The molecule has 0 saturated heterocycles. The lowest BCUT2D eigenvalue weighted by Gasteiger charge is -2.14. The lowest BCUT2D eigenvalue weighted by molar-refractivity contribution is -0.398. The van der Waals surface area contributed by atoms with Gasteiger partial charge in [-0.2, -0.15) is 10.2 Å². The van der Waals surface area contributed by atoms with E-state index in [9.17, 15) is 20.0 Å². The zero-order valence-corrected chi connectivity index (χ0v) is 15.2. The van der Waals surface area contributed by atoms with Crippen molar-refractivity contribution in [2.75, 3.05) is 0 Å².